The van der Waals surface area contributed by atoms with Crippen molar-refractivity contribution in [2.75, 3.05) is 27.2 Å². The quantitative estimate of drug-likeness (QED) is 0.833. The summed E-state index contributed by atoms with van der Waals surface area (Å²) in [5.41, 5.74) is 1.40. The van der Waals surface area contributed by atoms with Crippen molar-refractivity contribution in [3.05, 3.63) is 29.1 Å². The van der Waals surface area contributed by atoms with Gasteiger partial charge in [-0.25, -0.2) is 4.39 Å². The molecule has 1 unspecified atom stereocenters. The number of ether oxygens (including phenoxy) is 1. The number of halogens is 1. The molecule has 1 aromatic rings. The third kappa shape index (κ3) is 4.68. The molecular formula is C17H29FN2O. The van der Waals surface area contributed by atoms with E-state index in [-0.39, 0.29) is 17.4 Å². The number of nitrogens with zero attached hydrogens (tertiary/aromatic N) is 1. The van der Waals surface area contributed by atoms with Crippen LogP contribution in [0, 0.1) is 12.7 Å². The molecule has 1 N–H and O–H groups in total. The van der Waals surface area contributed by atoms with E-state index < -0.39 is 0 Å². The molecule has 21 heavy (non-hydrogen) atoms. The predicted molar refractivity (Wildman–Crippen MR) is 86.5 cm³/mol. The van der Waals surface area contributed by atoms with E-state index in [0.717, 1.165) is 17.9 Å². The number of benzene rings is 1. The molecule has 1 aromatic carbocycles. The van der Waals surface area contributed by atoms with E-state index in [1.165, 1.54) is 0 Å². The maximum Gasteiger partial charge on any atom is 0.126 e. The van der Waals surface area contributed by atoms with Gasteiger partial charge in [-0.2, -0.15) is 0 Å². The predicted octanol–water partition coefficient (Wildman–Crippen LogP) is 3.52. The summed E-state index contributed by atoms with van der Waals surface area (Å²) in [6.45, 7) is 11.5. The van der Waals surface area contributed by atoms with E-state index >= 15 is 0 Å². The lowest BCUT2D eigenvalue weighted by Crippen LogP contribution is -2.43. The highest BCUT2D eigenvalue weighted by molar-refractivity contribution is 5.40. The van der Waals surface area contributed by atoms with Crippen molar-refractivity contribution in [1.82, 2.24) is 10.2 Å². The Morgan fingerprint density at radius 1 is 1.33 bits per heavy atom. The largest absolute Gasteiger partial charge is 0.491 e. The van der Waals surface area contributed by atoms with Gasteiger partial charge in [-0.1, -0.05) is 6.92 Å². The van der Waals surface area contributed by atoms with Crippen LogP contribution in [0.15, 0.2) is 12.1 Å². The second-order valence-corrected chi connectivity index (χ2v) is 6.41. The number of nitrogens with one attached hydrogen (secondary N) is 1. The average Bonchev–Trinajstić information content (AvgIpc) is 2.39. The molecule has 0 aliphatic rings. The smallest absolute Gasteiger partial charge is 0.126 e. The van der Waals surface area contributed by atoms with Gasteiger partial charge in [0.05, 0.1) is 0 Å². The molecule has 0 aliphatic carbocycles. The Morgan fingerprint density at radius 3 is 2.48 bits per heavy atom. The topological polar surface area (TPSA) is 24.5 Å². The minimum absolute atomic E-state index is 0.0579. The first kappa shape index (κ1) is 17.9. The fourth-order valence-corrected chi connectivity index (χ4v) is 1.93. The van der Waals surface area contributed by atoms with Crippen molar-refractivity contribution in [3.63, 3.8) is 0 Å². The number of hydrogen-bond acceptors (Lipinski definition) is 3. The molecule has 0 saturated carbocycles. The zero-order valence-corrected chi connectivity index (χ0v) is 14.4. The van der Waals surface area contributed by atoms with Crippen LogP contribution in [0.5, 0.6) is 5.75 Å². The maximum atomic E-state index is 13.9. The highest BCUT2D eigenvalue weighted by Crippen LogP contribution is 2.29. The average molecular weight is 296 g/mol. The van der Waals surface area contributed by atoms with Gasteiger partial charge in [0, 0.05) is 17.1 Å². The van der Waals surface area contributed by atoms with Gasteiger partial charge in [-0.15, -0.1) is 0 Å². The Bertz CT molecular complexity index is 472. The van der Waals surface area contributed by atoms with Gasteiger partial charge in [-0.3, -0.25) is 0 Å². The zero-order chi connectivity index (χ0) is 16.2. The molecule has 0 spiro atoms. The van der Waals surface area contributed by atoms with Gasteiger partial charge in [-0.05, 0) is 66.0 Å². The van der Waals surface area contributed by atoms with Crippen molar-refractivity contribution in [1.29, 1.82) is 0 Å². The third-order valence-corrected chi connectivity index (χ3v) is 4.06. The Kier molecular flexibility index (Phi) is 6.17. The highest BCUT2D eigenvalue weighted by Gasteiger charge is 2.23. The SMILES string of the molecule is CCNC(C)c1cc(F)c(C)cc1OCC(C)(C)N(C)C. The van der Waals surface area contributed by atoms with Crippen molar-refractivity contribution in [3.8, 4) is 5.75 Å². The molecule has 0 saturated heterocycles. The van der Waals surface area contributed by atoms with E-state index in [9.17, 15) is 4.39 Å². The zero-order valence-electron chi connectivity index (χ0n) is 14.4. The summed E-state index contributed by atoms with van der Waals surface area (Å²) in [7, 11) is 4.06. The highest BCUT2D eigenvalue weighted by atomic mass is 19.1. The van der Waals surface area contributed by atoms with Crippen LogP contribution in [0.3, 0.4) is 0 Å². The van der Waals surface area contributed by atoms with Crippen LogP contribution in [0.2, 0.25) is 0 Å². The molecule has 0 fully saturated rings. The fourth-order valence-electron chi connectivity index (χ4n) is 1.93. The normalized spacial score (nSPS) is 13.6. The summed E-state index contributed by atoms with van der Waals surface area (Å²) in [5.74, 6) is 0.575. The minimum Gasteiger partial charge on any atom is -0.491 e. The van der Waals surface area contributed by atoms with E-state index in [2.05, 4.69) is 24.1 Å². The summed E-state index contributed by atoms with van der Waals surface area (Å²) in [6, 6.07) is 3.44. The maximum absolute atomic E-state index is 13.9. The summed E-state index contributed by atoms with van der Waals surface area (Å²) in [5, 5.41) is 3.31. The molecule has 0 radical (unpaired) electrons. The standard InChI is InChI=1S/C17H29FN2O/c1-8-19-13(3)14-10-15(18)12(2)9-16(14)21-11-17(4,5)20(6)7/h9-10,13,19H,8,11H2,1-7H3. The fraction of sp³-hybridized carbons (Fsp3) is 0.647. The number of aryl methyl sites for hydroxylation is 1. The van der Waals surface area contributed by atoms with Crippen LogP contribution in [-0.4, -0.2) is 37.7 Å². The van der Waals surface area contributed by atoms with Gasteiger partial charge < -0.3 is 15.0 Å². The molecule has 0 amide bonds. The summed E-state index contributed by atoms with van der Waals surface area (Å²) < 4.78 is 19.9. The molecular weight excluding hydrogens is 267 g/mol. The van der Waals surface area contributed by atoms with Crippen molar-refractivity contribution in [2.24, 2.45) is 0 Å². The van der Waals surface area contributed by atoms with Gasteiger partial charge >= 0.3 is 0 Å². The Morgan fingerprint density at radius 2 is 1.95 bits per heavy atom. The molecule has 0 aromatic heterocycles. The monoisotopic (exact) mass is 296 g/mol. The Labute approximate surface area is 128 Å². The van der Waals surface area contributed by atoms with Gasteiger partial charge in [0.2, 0.25) is 0 Å². The van der Waals surface area contributed by atoms with E-state index in [1.807, 2.05) is 27.9 Å². The van der Waals surface area contributed by atoms with Crippen LogP contribution in [0.1, 0.15) is 44.9 Å². The molecule has 0 heterocycles. The second kappa shape index (κ2) is 7.23. The Balaban J connectivity index is 3.02. The lowest BCUT2D eigenvalue weighted by atomic mass is 10.0. The van der Waals surface area contributed by atoms with Crippen molar-refractivity contribution < 1.29 is 9.13 Å². The molecule has 1 rings (SSSR count). The molecule has 3 nitrogen and oxygen atoms in total. The van der Waals surface area contributed by atoms with Crippen LogP contribution in [-0.2, 0) is 0 Å². The second-order valence-electron chi connectivity index (χ2n) is 6.41. The number of rotatable bonds is 7. The van der Waals surface area contributed by atoms with E-state index in [1.54, 1.807) is 19.1 Å². The molecule has 0 bridgehead atoms. The first-order valence-electron chi connectivity index (χ1n) is 7.52. The summed E-state index contributed by atoms with van der Waals surface area (Å²) in [4.78, 5) is 2.12. The van der Waals surface area contributed by atoms with Crippen LogP contribution in [0.4, 0.5) is 4.39 Å². The van der Waals surface area contributed by atoms with Crippen LogP contribution >= 0.6 is 0 Å². The van der Waals surface area contributed by atoms with Gasteiger partial charge in [0.15, 0.2) is 0 Å². The van der Waals surface area contributed by atoms with Crippen LogP contribution in [0.25, 0.3) is 0 Å². The minimum atomic E-state index is -0.186. The first-order valence-corrected chi connectivity index (χ1v) is 7.52. The van der Waals surface area contributed by atoms with Crippen molar-refractivity contribution >= 4 is 0 Å². The number of hydrogen-bond donors (Lipinski definition) is 1. The lowest BCUT2D eigenvalue weighted by molar-refractivity contribution is 0.113. The Hall–Kier alpha value is -1.13. The number of likely N-dealkylation sites (N-methyl/N-ethyl adjacent to an activating group) is 1. The van der Waals surface area contributed by atoms with E-state index in [0.29, 0.717) is 12.2 Å². The van der Waals surface area contributed by atoms with Crippen LogP contribution < -0.4 is 10.1 Å². The lowest BCUT2D eigenvalue weighted by Gasteiger charge is -2.32. The van der Waals surface area contributed by atoms with Crippen molar-refractivity contribution in [2.45, 2.75) is 46.2 Å². The molecule has 1 atom stereocenters. The summed E-state index contributed by atoms with van der Waals surface area (Å²) in [6.07, 6.45) is 0. The molecule has 4 heteroatoms. The van der Waals surface area contributed by atoms with Gasteiger partial charge in [0.25, 0.3) is 0 Å². The summed E-state index contributed by atoms with van der Waals surface area (Å²) >= 11 is 0. The van der Waals surface area contributed by atoms with E-state index in [4.69, 9.17) is 4.74 Å². The molecule has 0 aliphatic heterocycles. The first-order chi connectivity index (χ1) is 9.69. The molecule has 120 valence electrons. The van der Waals surface area contributed by atoms with Gasteiger partial charge in [0.1, 0.15) is 18.2 Å². The third-order valence-electron chi connectivity index (χ3n) is 4.06.